The number of rotatable bonds is 8. The van der Waals surface area contributed by atoms with Crippen LogP contribution in [0.5, 0.6) is 0 Å². The van der Waals surface area contributed by atoms with Gasteiger partial charge in [-0.2, -0.15) is 5.10 Å². The summed E-state index contributed by atoms with van der Waals surface area (Å²) >= 11 is 0. The van der Waals surface area contributed by atoms with Crippen molar-refractivity contribution in [2.24, 2.45) is 5.92 Å². The number of furan rings is 1. The van der Waals surface area contributed by atoms with E-state index in [0.29, 0.717) is 19.6 Å². The van der Waals surface area contributed by atoms with Crippen molar-refractivity contribution in [1.82, 2.24) is 24.6 Å². The minimum Gasteiger partial charge on any atom is -0.467 e. The summed E-state index contributed by atoms with van der Waals surface area (Å²) in [6.07, 6.45) is 4.75. The van der Waals surface area contributed by atoms with Crippen molar-refractivity contribution in [3.63, 3.8) is 0 Å². The number of nitrogens with zero attached hydrogens (tertiary/aromatic N) is 5. The van der Waals surface area contributed by atoms with Crippen LogP contribution in [-0.4, -0.2) is 69.9 Å². The molecule has 1 atom stereocenters. The van der Waals surface area contributed by atoms with Crippen LogP contribution in [0.4, 0.5) is 0 Å². The van der Waals surface area contributed by atoms with Crippen molar-refractivity contribution in [1.29, 1.82) is 0 Å². The van der Waals surface area contributed by atoms with Crippen LogP contribution in [0.15, 0.2) is 35.5 Å². The fourth-order valence-corrected chi connectivity index (χ4v) is 2.94. The molecule has 0 aromatic carbocycles. The SMILES string of the molecule is CC(Cn1cncn1)C(=O)N(CCN1CCOCC1)Cc1ccco1. The molecule has 25 heavy (non-hydrogen) atoms. The first-order valence-electron chi connectivity index (χ1n) is 8.66. The van der Waals surface area contributed by atoms with Crippen LogP contribution in [0.3, 0.4) is 0 Å². The second kappa shape index (κ2) is 8.77. The van der Waals surface area contributed by atoms with E-state index in [1.54, 1.807) is 17.3 Å². The standard InChI is InChI=1S/C17H25N5O3/c1-15(11-22-14-18-13-19-22)17(23)21(12-16-3-2-8-25-16)5-4-20-6-9-24-10-7-20/h2-3,8,13-15H,4-7,9-12H2,1H3. The predicted molar refractivity (Wildman–Crippen MR) is 90.6 cm³/mol. The monoisotopic (exact) mass is 347 g/mol. The number of morpholine rings is 1. The zero-order chi connectivity index (χ0) is 17.5. The van der Waals surface area contributed by atoms with Gasteiger partial charge in [-0.05, 0) is 12.1 Å². The molecule has 3 heterocycles. The Labute approximate surface area is 147 Å². The molecule has 0 aliphatic carbocycles. The van der Waals surface area contributed by atoms with Gasteiger partial charge in [-0.15, -0.1) is 0 Å². The third kappa shape index (κ3) is 5.14. The van der Waals surface area contributed by atoms with E-state index in [1.807, 2.05) is 24.0 Å². The van der Waals surface area contributed by atoms with Crippen molar-refractivity contribution in [3.05, 3.63) is 36.8 Å². The average Bonchev–Trinajstić information content (AvgIpc) is 3.32. The minimum atomic E-state index is -0.179. The summed E-state index contributed by atoms with van der Waals surface area (Å²) in [5.41, 5.74) is 0. The molecule has 136 valence electrons. The van der Waals surface area contributed by atoms with E-state index in [9.17, 15) is 4.79 Å². The molecule has 2 aromatic heterocycles. The lowest BCUT2D eigenvalue weighted by molar-refractivity contribution is -0.136. The van der Waals surface area contributed by atoms with Gasteiger partial charge in [0.2, 0.25) is 5.91 Å². The van der Waals surface area contributed by atoms with Gasteiger partial charge in [0.25, 0.3) is 0 Å². The van der Waals surface area contributed by atoms with Gasteiger partial charge in [0.15, 0.2) is 0 Å². The maximum atomic E-state index is 12.9. The number of carbonyl (C=O) groups is 1. The zero-order valence-electron chi connectivity index (χ0n) is 14.6. The molecule has 8 heteroatoms. The maximum Gasteiger partial charge on any atom is 0.227 e. The predicted octanol–water partition coefficient (Wildman–Crippen LogP) is 0.868. The molecular formula is C17H25N5O3. The van der Waals surface area contributed by atoms with Crippen molar-refractivity contribution in [2.45, 2.75) is 20.0 Å². The van der Waals surface area contributed by atoms with Gasteiger partial charge in [0, 0.05) is 26.2 Å². The smallest absolute Gasteiger partial charge is 0.227 e. The molecule has 1 aliphatic rings. The van der Waals surface area contributed by atoms with E-state index in [-0.39, 0.29) is 11.8 Å². The maximum absolute atomic E-state index is 12.9. The zero-order valence-corrected chi connectivity index (χ0v) is 14.6. The summed E-state index contributed by atoms with van der Waals surface area (Å²) in [4.78, 5) is 21.1. The third-order valence-corrected chi connectivity index (χ3v) is 4.38. The Balaban J connectivity index is 1.60. The van der Waals surface area contributed by atoms with Crippen LogP contribution < -0.4 is 0 Å². The van der Waals surface area contributed by atoms with E-state index in [2.05, 4.69) is 15.0 Å². The van der Waals surface area contributed by atoms with Gasteiger partial charge < -0.3 is 14.1 Å². The molecular weight excluding hydrogens is 322 g/mol. The second-order valence-corrected chi connectivity index (χ2v) is 6.31. The molecule has 1 amide bonds. The Morgan fingerprint density at radius 1 is 1.40 bits per heavy atom. The number of hydrogen-bond donors (Lipinski definition) is 0. The molecule has 0 saturated carbocycles. The summed E-state index contributed by atoms with van der Waals surface area (Å²) in [7, 11) is 0. The van der Waals surface area contributed by atoms with Gasteiger partial charge >= 0.3 is 0 Å². The van der Waals surface area contributed by atoms with Crippen LogP contribution in [0, 0.1) is 5.92 Å². The molecule has 0 radical (unpaired) electrons. The van der Waals surface area contributed by atoms with Crippen molar-refractivity contribution in [2.75, 3.05) is 39.4 Å². The van der Waals surface area contributed by atoms with Gasteiger partial charge in [-0.1, -0.05) is 6.92 Å². The lowest BCUT2D eigenvalue weighted by Crippen LogP contribution is -2.44. The summed E-state index contributed by atoms with van der Waals surface area (Å²) in [5.74, 6) is 0.713. The van der Waals surface area contributed by atoms with Gasteiger partial charge in [-0.3, -0.25) is 14.4 Å². The summed E-state index contributed by atoms with van der Waals surface area (Å²) in [6.45, 7) is 7.78. The highest BCUT2D eigenvalue weighted by molar-refractivity contribution is 5.78. The molecule has 3 rings (SSSR count). The average molecular weight is 347 g/mol. The van der Waals surface area contributed by atoms with E-state index in [0.717, 1.165) is 38.6 Å². The van der Waals surface area contributed by atoms with Gasteiger partial charge in [-0.25, -0.2) is 4.98 Å². The summed E-state index contributed by atoms with van der Waals surface area (Å²) < 4.78 is 12.5. The van der Waals surface area contributed by atoms with Crippen LogP contribution in [0.1, 0.15) is 12.7 Å². The summed E-state index contributed by atoms with van der Waals surface area (Å²) in [6, 6.07) is 3.75. The highest BCUT2D eigenvalue weighted by atomic mass is 16.5. The first-order valence-corrected chi connectivity index (χ1v) is 8.66. The molecule has 0 spiro atoms. The molecule has 1 saturated heterocycles. The fourth-order valence-electron chi connectivity index (χ4n) is 2.94. The van der Waals surface area contributed by atoms with E-state index in [4.69, 9.17) is 9.15 Å². The van der Waals surface area contributed by atoms with E-state index in [1.165, 1.54) is 6.33 Å². The molecule has 1 unspecified atom stereocenters. The Bertz CT molecular complexity index is 623. The normalized spacial score (nSPS) is 16.7. The number of hydrogen-bond acceptors (Lipinski definition) is 6. The Morgan fingerprint density at radius 3 is 2.92 bits per heavy atom. The Kier molecular flexibility index (Phi) is 6.19. The molecule has 2 aromatic rings. The van der Waals surface area contributed by atoms with Gasteiger partial charge in [0.05, 0.1) is 38.5 Å². The number of carbonyl (C=O) groups excluding carboxylic acids is 1. The number of amides is 1. The van der Waals surface area contributed by atoms with Crippen molar-refractivity contribution < 1.29 is 13.9 Å². The lowest BCUT2D eigenvalue weighted by atomic mass is 10.1. The third-order valence-electron chi connectivity index (χ3n) is 4.38. The van der Waals surface area contributed by atoms with E-state index >= 15 is 0 Å². The molecule has 8 nitrogen and oxygen atoms in total. The molecule has 0 bridgehead atoms. The minimum absolute atomic E-state index is 0.0974. The van der Waals surface area contributed by atoms with E-state index < -0.39 is 0 Å². The van der Waals surface area contributed by atoms with Crippen LogP contribution in [0.25, 0.3) is 0 Å². The van der Waals surface area contributed by atoms with Crippen molar-refractivity contribution in [3.8, 4) is 0 Å². The second-order valence-electron chi connectivity index (χ2n) is 6.31. The molecule has 1 aliphatic heterocycles. The fraction of sp³-hybridized carbons (Fsp3) is 0.588. The number of ether oxygens (including phenoxy) is 1. The Morgan fingerprint density at radius 2 is 2.24 bits per heavy atom. The largest absolute Gasteiger partial charge is 0.467 e. The lowest BCUT2D eigenvalue weighted by Gasteiger charge is -2.31. The number of aromatic nitrogens is 3. The molecule has 1 fully saturated rings. The topological polar surface area (TPSA) is 76.6 Å². The Hall–Kier alpha value is -2.19. The quantitative estimate of drug-likeness (QED) is 0.705. The first-order chi connectivity index (χ1) is 12.2. The van der Waals surface area contributed by atoms with Crippen LogP contribution in [0.2, 0.25) is 0 Å². The van der Waals surface area contributed by atoms with Crippen LogP contribution >= 0.6 is 0 Å². The highest BCUT2D eigenvalue weighted by Crippen LogP contribution is 2.12. The summed E-state index contributed by atoms with van der Waals surface area (Å²) in [5, 5.41) is 4.09. The first kappa shape index (κ1) is 17.6. The molecule has 0 N–H and O–H groups in total. The van der Waals surface area contributed by atoms with Crippen LogP contribution in [-0.2, 0) is 22.6 Å². The highest BCUT2D eigenvalue weighted by Gasteiger charge is 2.23. The van der Waals surface area contributed by atoms with Crippen molar-refractivity contribution >= 4 is 5.91 Å². The van der Waals surface area contributed by atoms with Gasteiger partial charge in [0.1, 0.15) is 18.4 Å².